The number of aromatic nitrogens is 4. The average molecular weight is 452 g/mol. The van der Waals surface area contributed by atoms with Crippen LogP contribution in [0.1, 0.15) is 0 Å². The average Bonchev–Trinajstić information content (AvgIpc) is 3.25. The van der Waals surface area contributed by atoms with Crippen molar-refractivity contribution in [1.82, 2.24) is 19.7 Å². The Morgan fingerprint density at radius 2 is 1.46 bits per heavy atom. The van der Waals surface area contributed by atoms with E-state index in [1.807, 2.05) is 47.3 Å². The van der Waals surface area contributed by atoms with E-state index in [0.29, 0.717) is 12.9 Å². The molecule has 141 valence electrons. The maximum atomic E-state index is 4.82. The topological polar surface area (TPSA) is 43.6 Å². The van der Waals surface area contributed by atoms with Gasteiger partial charge >= 0.3 is 33.2 Å². The van der Waals surface area contributed by atoms with Crippen LogP contribution in [-0.4, -0.2) is 19.7 Å². The minimum Gasteiger partial charge on any atom is -0.254 e. The fraction of sp³-hybridized carbons (Fsp3) is 0. The van der Waals surface area contributed by atoms with Gasteiger partial charge in [-0.15, -0.1) is 0 Å². The Labute approximate surface area is 176 Å². The summed E-state index contributed by atoms with van der Waals surface area (Å²) in [6.07, 6.45) is 3.74. The summed E-state index contributed by atoms with van der Waals surface area (Å²) in [7, 11) is 9.47. The Kier molecular flexibility index (Phi) is 5.88. The fourth-order valence-corrected chi connectivity index (χ4v) is 3.06. The first-order valence-corrected chi connectivity index (χ1v) is 11.3. The van der Waals surface area contributed by atoms with E-state index in [9.17, 15) is 0 Å². The van der Waals surface area contributed by atoms with Crippen molar-refractivity contribution in [2.24, 2.45) is 0 Å². The molecule has 0 unspecified atom stereocenters. The van der Waals surface area contributed by atoms with Crippen LogP contribution in [0, 0.1) is 0 Å². The van der Waals surface area contributed by atoms with Gasteiger partial charge in [0.25, 0.3) is 0 Å². The monoisotopic (exact) mass is 451 g/mol. The van der Waals surface area contributed by atoms with E-state index in [4.69, 9.17) is 25.3 Å². The van der Waals surface area contributed by atoms with E-state index in [2.05, 4.69) is 46.5 Å². The summed E-state index contributed by atoms with van der Waals surface area (Å²) < 4.78 is 1.81. The third-order valence-electron chi connectivity index (χ3n) is 4.31. The van der Waals surface area contributed by atoms with E-state index < -0.39 is 0 Å². The molecule has 3 heterocycles. The van der Waals surface area contributed by atoms with E-state index in [0.717, 1.165) is 38.9 Å². The van der Waals surface area contributed by atoms with Crippen molar-refractivity contribution in [3.05, 3.63) is 85.2 Å². The standard InChI is InChI=1S/C21H14N4.2ClH.Co/c1-2-5-15(6-3-1)18-12-14-25(24-18)19-11-10-17-9-8-16-7-4-13-22-20(16)21(17)23-19;;;/h1-14H;2*1H;/q;;;+2/p-2. The first-order valence-electron chi connectivity index (χ1n) is 8.40. The SMILES string of the molecule is [Cl][Co][Cl].c1ccc(-c2ccn(-c3ccc4ccc5cccnc5c4n3)n2)cc1. The molecule has 0 fully saturated rings. The zero-order valence-electron chi connectivity index (χ0n) is 14.5. The summed E-state index contributed by atoms with van der Waals surface area (Å²) in [5, 5.41) is 6.83. The molecule has 0 N–H and O–H groups in total. The minimum absolute atomic E-state index is 0.382. The zero-order valence-corrected chi connectivity index (χ0v) is 17.0. The normalized spacial score (nSPS) is 10.8. The maximum absolute atomic E-state index is 4.82. The van der Waals surface area contributed by atoms with Crippen molar-refractivity contribution < 1.29 is 12.9 Å². The summed E-state index contributed by atoms with van der Waals surface area (Å²) in [5.41, 5.74) is 3.83. The second-order valence-corrected chi connectivity index (χ2v) is 7.66. The molecule has 3 aromatic heterocycles. The number of nitrogens with zero attached hydrogens (tertiary/aromatic N) is 4. The minimum atomic E-state index is 0.382. The van der Waals surface area contributed by atoms with Gasteiger partial charge in [-0.05, 0) is 24.3 Å². The summed E-state index contributed by atoms with van der Waals surface area (Å²) in [4.78, 5) is 9.32. The molecule has 0 aliphatic heterocycles. The summed E-state index contributed by atoms with van der Waals surface area (Å²) in [6, 6.07) is 24.3. The van der Waals surface area contributed by atoms with E-state index in [1.165, 1.54) is 0 Å². The number of rotatable bonds is 2. The van der Waals surface area contributed by atoms with E-state index in [-0.39, 0.29) is 0 Å². The van der Waals surface area contributed by atoms with Crippen LogP contribution in [0.2, 0.25) is 0 Å². The van der Waals surface area contributed by atoms with Gasteiger partial charge in [0.05, 0.1) is 16.7 Å². The van der Waals surface area contributed by atoms with Crippen LogP contribution in [0.3, 0.4) is 0 Å². The van der Waals surface area contributed by atoms with Crippen molar-refractivity contribution in [1.29, 1.82) is 0 Å². The number of pyridine rings is 2. The number of hydrogen-bond acceptors (Lipinski definition) is 3. The quantitative estimate of drug-likeness (QED) is 0.308. The van der Waals surface area contributed by atoms with Crippen LogP contribution < -0.4 is 0 Å². The first kappa shape index (κ1) is 18.9. The molecule has 0 radical (unpaired) electrons. The summed E-state index contributed by atoms with van der Waals surface area (Å²) in [5.74, 6) is 0.785. The van der Waals surface area contributed by atoms with Crippen LogP contribution >= 0.6 is 20.3 Å². The van der Waals surface area contributed by atoms with Crippen molar-refractivity contribution in [2.75, 3.05) is 0 Å². The van der Waals surface area contributed by atoms with Gasteiger partial charge in [0.1, 0.15) is 0 Å². The van der Waals surface area contributed by atoms with Crippen molar-refractivity contribution in [2.45, 2.75) is 0 Å². The van der Waals surface area contributed by atoms with Crippen LogP contribution in [0.4, 0.5) is 0 Å². The molecule has 0 saturated heterocycles. The molecule has 0 spiro atoms. The Bertz CT molecular complexity index is 1220. The molecule has 0 atom stereocenters. The first-order chi connectivity index (χ1) is 13.8. The van der Waals surface area contributed by atoms with Gasteiger partial charge in [0.2, 0.25) is 0 Å². The van der Waals surface area contributed by atoms with Gasteiger partial charge in [0.15, 0.2) is 5.82 Å². The molecule has 2 aromatic carbocycles. The van der Waals surface area contributed by atoms with Crippen LogP contribution in [0.15, 0.2) is 85.2 Å². The summed E-state index contributed by atoms with van der Waals surface area (Å²) >= 11 is 0.382. The van der Waals surface area contributed by atoms with Crippen molar-refractivity contribution >= 4 is 42.1 Å². The van der Waals surface area contributed by atoms with Crippen molar-refractivity contribution in [3.8, 4) is 17.1 Å². The molecule has 28 heavy (non-hydrogen) atoms. The number of fused-ring (bicyclic) bond motifs is 3. The predicted molar refractivity (Wildman–Crippen MR) is 111 cm³/mol. The second kappa shape index (κ2) is 8.71. The Hall–Kier alpha value is -2.44. The van der Waals surface area contributed by atoms with Gasteiger partial charge < -0.3 is 0 Å². The second-order valence-electron chi connectivity index (χ2n) is 5.94. The van der Waals surface area contributed by atoms with Crippen LogP contribution in [0.5, 0.6) is 0 Å². The Morgan fingerprint density at radius 1 is 0.750 bits per heavy atom. The van der Waals surface area contributed by atoms with Gasteiger partial charge in [-0.25, -0.2) is 9.67 Å². The van der Waals surface area contributed by atoms with E-state index in [1.54, 1.807) is 6.20 Å². The van der Waals surface area contributed by atoms with Crippen LogP contribution in [-0.2, 0) is 12.9 Å². The predicted octanol–water partition coefficient (Wildman–Crippen LogP) is 6.01. The van der Waals surface area contributed by atoms with Gasteiger partial charge in [-0.1, -0.05) is 48.5 Å². The molecule has 7 heteroatoms. The number of benzene rings is 2. The third-order valence-corrected chi connectivity index (χ3v) is 4.31. The number of halogens is 2. The van der Waals surface area contributed by atoms with Gasteiger partial charge in [0, 0.05) is 28.7 Å². The molecule has 5 aromatic rings. The molecular formula is C21H14Cl2CoN4. The molecule has 5 rings (SSSR count). The van der Waals surface area contributed by atoms with Gasteiger partial charge in [-0.3, -0.25) is 4.98 Å². The fourth-order valence-electron chi connectivity index (χ4n) is 3.06. The zero-order chi connectivity index (χ0) is 19.3. The van der Waals surface area contributed by atoms with Crippen LogP contribution in [0.25, 0.3) is 38.9 Å². The van der Waals surface area contributed by atoms with Gasteiger partial charge in [-0.2, -0.15) is 5.10 Å². The Morgan fingerprint density at radius 3 is 2.25 bits per heavy atom. The molecule has 4 nitrogen and oxygen atoms in total. The molecule has 0 saturated carbocycles. The molecular weight excluding hydrogens is 438 g/mol. The Balaban J connectivity index is 0.000000604. The molecule has 0 amide bonds. The number of hydrogen-bond donors (Lipinski definition) is 0. The third kappa shape index (κ3) is 3.88. The maximum Gasteiger partial charge on any atom is 0.154 e. The van der Waals surface area contributed by atoms with Crippen molar-refractivity contribution in [3.63, 3.8) is 0 Å². The smallest absolute Gasteiger partial charge is 0.154 e. The summed E-state index contributed by atoms with van der Waals surface area (Å²) in [6.45, 7) is 0. The molecule has 0 aliphatic carbocycles. The molecule has 0 aliphatic rings. The largest absolute Gasteiger partial charge is 0.254 e. The van der Waals surface area contributed by atoms with E-state index >= 15 is 0 Å². The molecule has 0 bridgehead atoms.